The minimum absolute atomic E-state index is 0.173. The average molecular weight is 295 g/mol. The molecule has 114 valence electrons. The number of aromatic amines is 1. The van der Waals surface area contributed by atoms with Gasteiger partial charge < -0.3 is 14.3 Å². The van der Waals surface area contributed by atoms with Gasteiger partial charge in [0.25, 0.3) is 0 Å². The zero-order chi connectivity index (χ0) is 14.8. The number of imidazole rings is 1. The first-order valence-corrected chi connectivity index (χ1v) is 8.09. The second-order valence-electron chi connectivity index (χ2n) is 5.94. The molecule has 1 unspecified atom stereocenters. The van der Waals surface area contributed by atoms with Crippen molar-refractivity contribution in [3.8, 4) is 0 Å². The molecule has 3 heterocycles. The highest BCUT2D eigenvalue weighted by Crippen LogP contribution is 2.27. The summed E-state index contributed by atoms with van der Waals surface area (Å²) in [6.45, 7) is 1.80. The Morgan fingerprint density at radius 1 is 1.27 bits per heavy atom. The highest BCUT2D eigenvalue weighted by molar-refractivity contribution is 5.82. The molecule has 1 aromatic carbocycles. The van der Waals surface area contributed by atoms with E-state index in [2.05, 4.69) is 51.2 Å². The SMILES string of the molecule is c1ccc2c(CCn3ccnc3C3CCCCO3)c[nH]c2c1. The smallest absolute Gasteiger partial charge is 0.137 e. The number of fused-ring (bicyclic) bond motifs is 1. The van der Waals surface area contributed by atoms with Crippen LogP contribution in [-0.4, -0.2) is 21.1 Å². The molecular weight excluding hydrogens is 274 g/mol. The fourth-order valence-electron chi connectivity index (χ4n) is 3.32. The van der Waals surface area contributed by atoms with Crippen molar-refractivity contribution in [1.29, 1.82) is 0 Å². The molecule has 1 N–H and O–H groups in total. The summed E-state index contributed by atoms with van der Waals surface area (Å²) in [4.78, 5) is 7.88. The van der Waals surface area contributed by atoms with Gasteiger partial charge in [0.05, 0.1) is 0 Å². The normalized spacial score (nSPS) is 18.8. The summed E-state index contributed by atoms with van der Waals surface area (Å²) in [5.74, 6) is 1.08. The van der Waals surface area contributed by atoms with Crippen molar-refractivity contribution < 1.29 is 4.74 Å². The van der Waals surface area contributed by atoms with Crippen molar-refractivity contribution in [3.05, 3.63) is 54.2 Å². The summed E-state index contributed by atoms with van der Waals surface area (Å²) in [5, 5.41) is 1.32. The summed E-state index contributed by atoms with van der Waals surface area (Å²) in [5.41, 5.74) is 2.57. The van der Waals surface area contributed by atoms with Crippen LogP contribution in [0.2, 0.25) is 0 Å². The van der Waals surface area contributed by atoms with Gasteiger partial charge in [-0.15, -0.1) is 0 Å². The zero-order valence-electron chi connectivity index (χ0n) is 12.7. The third-order valence-electron chi connectivity index (χ3n) is 4.51. The lowest BCUT2D eigenvalue weighted by molar-refractivity contribution is 0.00736. The van der Waals surface area contributed by atoms with Gasteiger partial charge in [-0.25, -0.2) is 4.98 Å². The molecule has 4 heteroatoms. The molecule has 2 aromatic heterocycles. The van der Waals surface area contributed by atoms with Gasteiger partial charge in [0.1, 0.15) is 11.9 Å². The number of aromatic nitrogens is 3. The Morgan fingerprint density at radius 3 is 3.14 bits per heavy atom. The molecule has 1 fully saturated rings. The minimum Gasteiger partial charge on any atom is -0.370 e. The highest BCUT2D eigenvalue weighted by Gasteiger charge is 2.20. The molecule has 1 aliphatic rings. The van der Waals surface area contributed by atoms with E-state index in [1.54, 1.807) is 0 Å². The average Bonchev–Trinajstić information content (AvgIpc) is 3.20. The van der Waals surface area contributed by atoms with Crippen LogP contribution < -0.4 is 0 Å². The predicted molar refractivity (Wildman–Crippen MR) is 86.8 cm³/mol. The molecular formula is C18H21N3O. The van der Waals surface area contributed by atoms with Gasteiger partial charge in [-0.05, 0) is 37.3 Å². The minimum atomic E-state index is 0.173. The number of nitrogens with one attached hydrogen (secondary N) is 1. The lowest BCUT2D eigenvalue weighted by Crippen LogP contribution is -2.17. The van der Waals surface area contributed by atoms with E-state index in [1.807, 2.05) is 6.20 Å². The molecule has 4 rings (SSSR count). The van der Waals surface area contributed by atoms with Crippen LogP contribution in [0.5, 0.6) is 0 Å². The van der Waals surface area contributed by atoms with Crippen LogP contribution in [0.1, 0.15) is 36.8 Å². The molecule has 0 aliphatic carbocycles. The Labute approximate surface area is 130 Å². The van der Waals surface area contributed by atoms with Crippen LogP contribution in [0.15, 0.2) is 42.9 Å². The lowest BCUT2D eigenvalue weighted by Gasteiger charge is -2.22. The summed E-state index contributed by atoms with van der Waals surface area (Å²) in [7, 11) is 0. The summed E-state index contributed by atoms with van der Waals surface area (Å²) in [6, 6.07) is 8.47. The van der Waals surface area contributed by atoms with Crippen LogP contribution in [0, 0.1) is 0 Å². The van der Waals surface area contributed by atoms with Crippen molar-refractivity contribution in [1.82, 2.24) is 14.5 Å². The molecule has 1 saturated heterocycles. The van der Waals surface area contributed by atoms with Gasteiger partial charge in [0, 0.05) is 42.6 Å². The van der Waals surface area contributed by atoms with E-state index in [0.717, 1.165) is 31.8 Å². The third-order valence-corrected chi connectivity index (χ3v) is 4.51. The van der Waals surface area contributed by atoms with Crippen molar-refractivity contribution in [2.24, 2.45) is 0 Å². The Balaban J connectivity index is 1.51. The van der Waals surface area contributed by atoms with Gasteiger partial charge in [0.2, 0.25) is 0 Å². The molecule has 0 spiro atoms. The first-order valence-electron chi connectivity index (χ1n) is 8.09. The summed E-state index contributed by atoms with van der Waals surface area (Å²) < 4.78 is 8.13. The second kappa shape index (κ2) is 5.97. The zero-order valence-corrected chi connectivity index (χ0v) is 12.7. The topological polar surface area (TPSA) is 42.8 Å². The first kappa shape index (κ1) is 13.6. The number of ether oxygens (including phenoxy) is 1. The maximum Gasteiger partial charge on any atom is 0.137 e. The standard InChI is InChI=1S/C18H21N3O/c1-2-6-16-15(5-1)14(13-20-16)8-10-21-11-9-19-18(21)17-7-3-4-12-22-17/h1-2,5-6,9,11,13,17,20H,3-4,7-8,10,12H2. The number of H-pyrrole nitrogens is 1. The van der Waals surface area contributed by atoms with E-state index in [4.69, 9.17) is 4.74 Å². The Bertz CT molecular complexity index is 752. The van der Waals surface area contributed by atoms with E-state index in [1.165, 1.54) is 29.3 Å². The van der Waals surface area contributed by atoms with E-state index in [9.17, 15) is 0 Å². The Hall–Kier alpha value is -2.07. The quantitative estimate of drug-likeness (QED) is 0.794. The molecule has 0 amide bonds. The second-order valence-corrected chi connectivity index (χ2v) is 5.94. The largest absolute Gasteiger partial charge is 0.370 e. The van der Waals surface area contributed by atoms with Crippen molar-refractivity contribution >= 4 is 10.9 Å². The van der Waals surface area contributed by atoms with Crippen molar-refractivity contribution in [2.45, 2.75) is 38.3 Å². The number of hydrogen-bond donors (Lipinski definition) is 1. The van der Waals surface area contributed by atoms with E-state index in [0.29, 0.717) is 0 Å². The predicted octanol–water partition coefficient (Wildman–Crippen LogP) is 3.85. The number of nitrogens with zero attached hydrogens (tertiary/aromatic N) is 2. The molecule has 1 aliphatic heterocycles. The van der Waals surface area contributed by atoms with Gasteiger partial charge in [-0.3, -0.25) is 0 Å². The number of para-hydroxylation sites is 1. The molecule has 1 atom stereocenters. The van der Waals surface area contributed by atoms with Gasteiger partial charge in [0.15, 0.2) is 0 Å². The molecule has 0 bridgehead atoms. The number of aryl methyl sites for hydroxylation is 2. The first-order chi connectivity index (χ1) is 10.9. The molecule has 3 aromatic rings. The van der Waals surface area contributed by atoms with Crippen LogP contribution in [0.3, 0.4) is 0 Å². The number of benzene rings is 1. The number of rotatable bonds is 4. The fraction of sp³-hybridized carbons (Fsp3) is 0.389. The van der Waals surface area contributed by atoms with Crippen LogP contribution >= 0.6 is 0 Å². The van der Waals surface area contributed by atoms with Gasteiger partial charge >= 0.3 is 0 Å². The van der Waals surface area contributed by atoms with E-state index in [-0.39, 0.29) is 6.10 Å². The van der Waals surface area contributed by atoms with Gasteiger partial charge in [-0.2, -0.15) is 0 Å². The number of hydrogen-bond acceptors (Lipinski definition) is 2. The summed E-state index contributed by atoms with van der Waals surface area (Å²) in [6.07, 6.45) is 10.8. The monoisotopic (exact) mass is 295 g/mol. The summed E-state index contributed by atoms with van der Waals surface area (Å²) >= 11 is 0. The Morgan fingerprint density at radius 2 is 2.23 bits per heavy atom. The van der Waals surface area contributed by atoms with Crippen LogP contribution in [0.4, 0.5) is 0 Å². The van der Waals surface area contributed by atoms with E-state index < -0.39 is 0 Å². The van der Waals surface area contributed by atoms with Crippen LogP contribution in [0.25, 0.3) is 10.9 Å². The van der Waals surface area contributed by atoms with Gasteiger partial charge in [-0.1, -0.05) is 18.2 Å². The van der Waals surface area contributed by atoms with Crippen LogP contribution in [-0.2, 0) is 17.7 Å². The molecule has 4 nitrogen and oxygen atoms in total. The maximum atomic E-state index is 5.88. The van der Waals surface area contributed by atoms with E-state index >= 15 is 0 Å². The molecule has 22 heavy (non-hydrogen) atoms. The lowest BCUT2D eigenvalue weighted by atomic mass is 10.1. The van der Waals surface area contributed by atoms with Crippen molar-refractivity contribution in [3.63, 3.8) is 0 Å². The molecule has 0 saturated carbocycles. The Kier molecular flexibility index (Phi) is 3.69. The highest BCUT2D eigenvalue weighted by atomic mass is 16.5. The van der Waals surface area contributed by atoms with Crippen molar-refractivity contribution in [2.75, 3.05) is 6.61 Å². The third kappa shape index (κ3) is 2.55. The maximum absolute atomic E-state index is 5.88. The molecule has 0 radical (unpaired) electrons. The fourth-order valence-corrected chi connectivity index (χ4v) is 3.32.